The third-order valence-electron chi connectivity index (χ3n) is 4.70. The van der Waals surface area contributed by atoms with E-state index in [1.165, 1.54) is 0 Å². The van der Waals surface area contributed by atoms with Crippen LogP contribution in [0.2, 0.25) is 5.15 Å². The standard InChI is InChI=1S/C22H20ClF2N5O2S/c1-22(2,3)29-33(31,32)16-11-14(12-26-17(16)20(24)25)21-28-27-19(23)18-15(9-10-30(18)21)13-7-5-4-6-8-13/h4-12,20,29H,1-3H3. The molecule has 1 aromatic carbocycles. The molecule has 0 saturated heterocycles. The van der Waals surface area contributed by atoms with Gasteiger partial charge < -0.3 is 0 Å². The number of pyridine rings is 1. The maximum Gasteiger partial charge on any atom is 0.281 e. The molecule has 0 saturated carbocycles. The maximum atomic E-state index is 13.6. The number of halogens is 3. The van der Waals surface area contributed by atoms with Crippen LogP contribution in [0, 0.1) is 0 Å². The van der Waals surface area contributed by atoms with Gasteiger partial charge in [-0.25, -0.2) is 21.9 Å². The second-order valence-corrected chi connectivity index (χ2v) is 10.4. The highest BCUT2D eigenvalue weighted by Crippen LogP contribution is 2.34. The van der Waals surface area contributed by atoms with Gasteiger partial charge in [-0.1, -0.05) is 41.9 Å². The lowest BCUT2D eigenvalue weighted by atomic mass is 10.1. The molecule has 1 N–H and O–H groups in total. The van der Waals surface area contributed by atoms with Crippen molar-refractivity contribution < 1.29 is 17.2 Å². The molecule has 0 aliphatic carbocycles. The van der Waals surface area contributed by atoms with Crippen molar-refractivity contribution in [3.8, 4) is 22.5 Å². The Labute approximate surface area is 194 Å². The van der Waals surface area contributed by atoms with Gasteiger partial charge in [0.2, 0.25) is 10.0 Å². The van der Waals surface area contributed by atoms with Crippen LogP contribution in [-0.2, 0) is 10.0 Å². The number of nitrogens with zero attached hydrogens (tertiary/aromatic N) is 4. The fourth-order valence-electron chi connectivity index (χ4n) is 3.47. The summed E-state index contributed by atoms with van der Waals surface area (Å²) < 4.78 is 57.1. The zero-order chi connectivity index (χ0) is 24.0. The predicted molar refractivity (Wildman–Crippen MR) is 122 cm³/mol. The van der Waals surface area contributed by atoms with E-state index in [2.05, 4.69) is 19.9 Å². The van der Waals surface area contributed by atoms with Crippen LogP contribution >= 0.6 is 11.6 Å². The van der Waals surface area contributed by atoms with Gasteiger partial charge in [0.25, 0.3) is 6.43 Å². The second-order valence-electron chi connectivity index (χ2n) is 8.39. The van der Waals surface area contributed by atoms with Crippen LogP contribution in [0.1, 0.15) is 32.9 Å². The minimum atomic E-state index is -4.30. The van der Waals surface area contributed by atoms with E-state index in [0.29, 0.717) is 5.52 Å². The number of aromatic nitrogens is 4. The van der Waals surface area contributed by atoms with Crippen molar-refractivity contribution in [1.29, 1.82) is 0 Å². The molecule has 0 bridgehead atoms. The summed E-state index contributed by atoms with van der Waals surface area (Å²) in [6, 6.07) is 12.4. The fraction of sp³-hybridized carbons (Fsp3) is 0.227. The van der Waals surface area contributed by atoms with Gasteiger partial charge in [0.1, 0.15) is 10.6 Å². The van der Waals surface area contributed by atoms with Gasteiger partial charge in [-0.15, -0.1) is 10.2 Å². The Morgan fingerprint density at radius 2 is 1.76 bits per heavy atom. The van der Waals surface area contributed by atoms with Crippen LogP contribution < -0.4 is 4.72 Å². The highest BCUT2D eigenvalue weighted by atomic mass is 35.5. The van der Waals surface area contributed by atoms with Crippen LogP contribution in [0.5, 0.6) is 0 Å². The lowest BCUT2D eigenvalue weighted by molar-refractivity contribution is 0.142. The molecule has 4 aromatic rings. The molecule has 0 atom stereocenters. The summed E-state index contributed by atoms with van der Waals surface area (Å²) in [5.41, 5.74) is 0.695. The van der Waals surface area contributed by atoms with Crippen molar-refractivity contribution in [2.75, 3.05) is 0 Å². The van der Waals surface area contributed by atoms with Crippen molar-refractivity contribution in [2.45, 2.75) is 37.6 Å². The lowest BCUT2D eigenvalue weighted by Crippen LogP contribution is -2.41. The Morgan fingerprint density at radius 3 is 2.39 bits per heavy atom. The lowest BCUT2D eigenvalue weighted by Gasteiger charge is -2.21. The van der Waals surface area contributed by atoms with Crippen molar-refractivity contribution >= 4 is 27.1 Å². The van der Waals surface area contributed by atoms with Crippen molar-refractivity contribution in [3.63, 3.8) is 0 Å². The van der Waals surface area contributed by atoms with E-state index in [0.717, 1.165) is 23.4 Å². The van der Waals surface area contributed by atoms with Crippen LogP contribution in [0.25, 0.3) is 28.0 Å². The number of benzene rings is 1. The van der Waals surface area contributed by atoms with Gasteiger partial charge in [0, 0.05) is 29.1 Å². The molecule has 0 aliphatic heterocycles. The summed E-state index contributed by atoms with van der Waals surface area (Å²) in [6.07, 6.45) is -0.231. The zero-order valence-electron chi connectivity index (χ0n) is 17.9. The molecular formula is C22H20ClF2N5O2S. The summed E-state index contributed by atoms with van der Waals surface area (Å²) in [5, 5.41) is 8.24. The number of rotatable bonds is 5. The smallest absolute Gasteiger partial charge is 0.281 e. The zero-order valence-corrected chi connectivity index (χ0v) is 19.5. The Hall–Kier alpha value is -2.95. The summed E-state index contributed by atoms with van der Waals surface area (Å²) in [5.74, 6) is 0.206. The number of fused-ring (bicyclic) bond motifs is 1. The second kappa shape index (κ2) is 8.44. The first kappa shape index (κ1) is 23.2. The van der Waals surface area contributed by atoms with Crippen LogP contribution in [0.3, 0.4) is 0 Å². The Kier molecular flexibility index (Phi) is 5.94. The summed E-state index contributed by atoms with van der Waals surface area (Å²) in [7, 11) is -4.30. The quantitative estimate of drug-likeness (QED) is 0.418. The van der Waals surface area contributed by atoms with Crippen LogP contribution in [0.15, 0.2) is 59.8 Å². The van der Waals surface area contributed by atoms with E-state index in [4.69, 9.17) is 11.6 Å². The first-order valence-corrected chi connectivity index (χ1v) is 11.7. The highest BCUT2D eigenvalue weighted by molar-refractivity contribution is 7.89. The molecule has 7 nitrogen and oxygen atoms in total. The molecule has 0 spiro atoms. The molecule has 11 heteroatoms. The molecule has 0 unspecified atom stereocenters. The van der Waals surface area contributed by atoms with Crippen LogP contribution in [0.4, 0.5) is 8.78 Å². The normalized spacial score (nSPS) is 12.6. The van der Waals surface area contributed by atoms with Gasteiger partial charge in [0.05, 0.1) is 5.52 Å². The van der Waals surface area contributed by atoms with Crippen molar-refractivity contribution in [3.05, 3.63) is 65.7 Å². The Bertz CT molecular complexity index is 1430. The molecule has 172 valence electrons. The highest BCUT2D eigenvalue weighted by Gasteiger charge is 2.30. The van der Waals surface area contributed by atoms with Gasteiger partial charge in [-0.05, 0) is 38.5 Å². The third kappa shape index (κ3) is 4.59. The summed E-state index contributed by atoms with van der Waals surface area (Å²) >= 11 is 6.34. The average Bonchev–Trinajstić information content (AvgIpc) is 3.19. The molecule has 3 aromatic heterocycles. The monoisotopic (exact) mass is 491 g/mol. The summed E-state index contributed by atoms with van der Waals surface area (Å²) in [6.45, 7) is 4.84. The minimum Gasteiger partial charge on any atom is -0.296 e. The van der Waals surface area contributed by atoms with E-state index in [1.807, 2.05) is 36.4 Å². The molecule has 33 heavy (non-hydrogen) atoms. The van der Waals surface area contributed by atoms with E-state index >= 15 is 0 Å². The maximum absolute atomic E-state index is 13.6. The van der Waals surface area contributed by atoms with Gasteiger partial charge >= 0.3 is 0 Å². The molecular weight excluding hydrogens is 472 g/mol. The Balaban J connectivity index is 1.93. The first-order chi connectivity index (χ1) is 15.5. The number of sulfonamides is 1. The number of hydrogen-bond donors (Lipinski definition) is 1. The molecule has 0 aliphatic rings. The molecule has 0 fully saturated rings. The van der Waals surface area contributed by atoms with Crippen molar-refractivity contribution in [1.82, 2.24) is 24.3 Å². The predicted octanol–water partition coefficient (Wildman–Crippen LogP) is 5.13. The first-order valence-electron chi connectivity index (χ1n) is 9.89. The van der Waals surface area contributed by atoms with E-state index in [1.54, 1.807) is 31.4 Å². The topological polar surface area (TPSA) is 89.2 Å². The average molecular weight is 492 g/mol. The molecule has 3 heterocycles. The fourth-order valence-corrected chi connectivity index (χ4v) is 5.31. The van der Waals surface area contributed by atoms with Gasteiger partial charge in [-0.3, -0.25) is 9.38 Å². The van der Waals surface area contributed by atoms with Gasteiger partial charge in [0.15, 0.2) is 11.0 Å². The molecule has 0 radical (unpaired) electrons. The molecule has 4 rings (SSSR count). The largest absolute Gasteiger partial charge is 0.296 e. The summed E-state index contributed by atoms with van der Waals surface area (Å²) in [4.78, 5) is 3.14. The van der Waals surface area contributed by atoms with Crippen LogP contribution in [-0.4, -0.2) is 33.5 Å². The number of alkyl halides is 2. The van der Waals surface area contributed by atoms with Crippen molar-refractivity contribution in [2.24, 2.45) is 0 Å². The van der Waals surface area contributed by atoms with E-state index in [9.17, 15) is 17.2 Å². The van der Waals surface area contributed by atoms with E-state index < -0.39 is 32.6 Å². The number of nitrogens with one attached hydrogen (secondary N) is 1. The Morgan fingerprint density at radius 1 is 1.06 bits per heavy atom. The molecule has 0 amide bonds. The third-order valence-corrected chi connectivity index (χ3v) is 6.75. The van der Waals surface area contributed by atoms with E-state index in [-0.39, 0.29) is 16.5 Å². The van der Waals surface area contributed by atoms with Gasteiger partial charge in [-0.2, -0.15) is 0 Å². The SMILES string of the molecule is CC(C)(C)NS(=O)(=O)c1cc(-c2nnc(Cl)c3c(-c4ccccc4)ccn23)cnc1C(F)F. The number of hydrogen-bond acceptors (Lipinski definition) is 5. The minimum absolute atomic E-state index is 0.141.